The molecule has 0 N–H and O–H groups in total. The van der Waals surface area contributed by atoms with E-state index in [1.807, 2.05) is 12.1 Å². The van der Waals surface area contributed by atoms with Gasteiger partial charge in [0.2, 0.25) is 0 Å². The third-order valence-electron chi connectivity index (χ3n) is 6.45. The Hall–Kier alpha value is -2.59. The van der Waals surface area contributed by atoms with Gasteiger partial charge in [-0.15, -0.1) is 0 Å². The predicted molar refractivity (Wildman–Crippen MR) is 119 cm³/mol. The van der Waals surface area contributed by atoms with E-state index in [0.717, 1.165) is 35.6 Å². The highest BCUT2D eigenvalue weighted by atomic mass is 16.5. The van der Waals surface area contributed by atoms with E-state index < -0.39 is 0 Å². The summed E-state index contributed by atoms with van der Waals surface area (Å²) in [6, 6.07) is 14.5. The van der Waals surface area contributed by atoms with Crippen LogP contribution in [0, 0.1) is 5.92 Å². The van der Waals surface area contributed by atoms with Crippen LogP contribution in [0.5, 0.6) is 11.5 Å². The van der Waals surface area contributed by atoms with Gasteiger partial charge in [-0.05, 0) is 68.0 Å². The van der Waals surface area contributed by atoms with E-state index in [1.54, 1.807) is 14.2 Å². The fourth-order valence-electron chi connectivity index (χ4n) is 4.67. The quantitative estimate of drug-likeness (QED) is 0.604. The first-order valence-electron chi connectivity index (χ1n) is 10.9. The van der Waals surface area contributed by atoms with Crippen molar-refractivity contribution in [3.63, 3.8) is 0 Å². The first-order valence-corrected chi connectivity index (χ1v) is 10.9. The largest absolute Gasteiger partial charge is 0.493 e. The van der Waals surface area contributed by atoms with Gasteiger partial charge in [0, 0.05) is 24.1 Å². The van der Waals surface area contributed by atoms with Crippen LogP contribution in [-0.4, -0.2) is 38.0 Å². The van der Waals surface area contributed by atoms with Crippen LogP contribution in [0.2, 0.25) is 0 Å². The number of methoxy groups -OCH3 is 2. The molecule has 0 atom stereocenters. The highest BCUT2D eigenvalue weighted by molar-refractivity contribution is 6.13. The molecule has 4 rings (SSSR count). The van der Waals surface area contributed by atoms with Crippen LogP contribution < -0.4 is 9.47 Å². The second-order valence-electron chi connectivity index (χ2n) is 8.38. The number of likely N-dealkylation sites (tertiary alicyclic amines) is 1. The lowest BCUT2D eigenvalue weighted by Crippen LogP contribution is -2.33. The highest BCUT2D eigenvalue weighted by Gasteiger charge is 2.27. The second-order valence-corrected chi connectivity index (χ2v) is 8.38. The van der Waals surface area contributed by atoms with Crippen LogP contribution in [0.4, 0.5) is 0 Å². The number of carbonyl (C=O) groups is 1. The Balaban J connectivity index is 1.28. The van der Waals surface area contributed by atoms with Crippen molar-refractivity contribution in [2.24, 2.45) is 5.92 Å². The molecule has 1 aliphatic carbocycles. The number of piperidine rings is 1. The molecule has 2 aliphatic rings. The highest BCUT2D eigenvalue weighted by Crippen LogP contribution is 2.36. The SMILES string of the molecule is COc1cc2c(cc1OC)C(=O)/C(=C\CCC1CCN(Cc3ccccc3)CC1)C2. The summed E-state index contributed by atoms with van der Waals surface area (Å²) in [7, 11) is 3.23. The van der Waals surface area contributed by atoms with Gasteiger partial charge in [-0.25, -0.2) is 0 Å². The lowest BCUT2D eigenvalue weighted by molar-refractivity contribution is 0.103. The summed E-state index contributed by atoms with van der Waals surface area (Å²) in [5.74, 6) is 2.21. The molecule has 0 bridgehead atoms. The van der Waals surface area contributed by atoms with Gasteiger partial charge in [0.1, 0.15) is 0 Å². The zero-order valence-corrected chi connectivity index (χ0v) is 18.0. The molecule has 0 spiro atoms. The minimum atomic E-state index is 0.142. The molecule has 0 radical (unpaired) electrons. The third-order valence-corrected chi connectivity index (χ3v) is 6.45. The predicted octanol–water partition coefficient (Wildman–Crippen LogP) is 5.06. The summed E-state index contributed by atoms with van der Waals surface area (Å²) in [5.41, 5.74) is 4.11. The summed E-state index contributed by atoms with van der Waals surface area (Å²) in [5, 5.41) is 0. The number of ether oxygens (including phenoxy) is 2. The number of rotatable bonds is 7. The normalized spacial score (nSPS) is 18.6. The maximum atomic E-state index is 12.8. The molecule has 158 valence electrons. The monoisotopic (exact) mass is 405 g/mol. The number of Topliss-reactive ketones (excluding diaryl/α,β-unsaturated/α-hetero) is 1. The van der Waals surface area contributed by atoms with Gasteiger partial charge >= 0.3 is 0 Å². The van der Waals surface area contributed by atoms with E-state index in [-0.39, 0.29) is 5.78 Å². The van der Waals surface area contributed by atoms with E-state index in [1.165, 1.54) is 37.9 Å². The number of allylic oxidation sites excluding steroid dienone is 2. The fourth-order valence-corrected chi connectivity index (χ4v) is 4.67. The van der Waals surface area contributed by atoms with Crippen molar-refractivity contribution < 1.29 is 14.3 Å². The van der Waals surface area contributed by atoms with Crippen LogP contribution in [0.25, 0.3) is 0 Å². The maximum absolute atomic E-state index is 12.8. The molecule has 1 heterocycles. The van der Waals surface area contributed by atoms with E-state index >= 15 is 0 Å². The Labute approximate surface area is 179 Å². The molecule has 30 heavy (non-hydrogen) atoms. The summed E-state index contributed by atoms with van der Waals surface area (Å²) < 4.78 is 10.7. The Morgan fingerprint density at radius 2 is 1.73 bits per heavy atom. The molecule has 2 aromatic carbocycles. The average molecular weight is 406 g/mol. The molecule has 4 nitrogen and oxygen atoms in total. The van der Waals surface area contributed by atoms with Crippen molar-refractivity contribution in [1.82, 2.24) is 4.90 Å². The van der Waals surface area contributed by atoms with Crippen LogP contribution >= 0.6 is 0 Å². The van der Waals surface area contributed by atoms with E-state index in [2.05, 4.69) is 41.3 Å². The molecule has 1 saturated heterocycles. The summed E-state index contributed by atoms with van der Waals surface area (Å²) in [6.07, 6.45) is 7.50. The van der Waals surface area contributed by atoms with Crippen molar-refractivity contribution in [3.8, 4) is 11.5 Å². The maximum Gasteiger partial charge on any atom is 0.189 e. The van der Waals surface area contributed by atoms with Gasteiger partial charge in [-0.1, -0.05) is 36.4 Å². The molecule has 4 heteroatoms. The molecule has 0 unspecified atom stereocenters. The Bertz CT molecular complexity index is 911. The topological polar surface area (TPSA) is 38.8 Å². The zero-order valence-electron chi connectivity index (χ0n) is 18.0. The molecular weight excluding hydrogens is 374 g/mol. The van der Waals surface area contributed by atoms with Gasteiger partial charge in [-0.3, -0.25) is 9.69 Å². The summed E-state index contributed by atoms with van der Waals surface area (Å²) in [4.78, 5) is 15.3. The first kappa shape index (κ1) is 20.7. The number of hydrogen-bond donors (Lipinski definition) is 0. The summed E-state index contributed by atoms with van der Waals surface area (Å²) >= 11 is 0. The third kappa shape index (κ3) is 4.59. The van der Waals surface area contributed by atoms with Crippen molar-refractivity contribution in [2.45, 2.75) is 38.6 Å². The number of nitrogens with zero attached hydrogens (tertiary/aromatic N) is 1. The molecule has 0 amide bonds. The van der Waals surface area contributed by atoms with E-state index in [0.29, 0.717) is 17.9 Å². The smallest absolute Gasteiger partial charge is 0.189 e. The number of fused-ring (bicyclic) bond motifs is 1. The number of carbonyl (C=O) groups excluding carboxylic acids is 1. The van der Waals surface area contributed by atoms with Gasteiger partial charge in [0.15, 0.2) is 17.3 Å². The van der Waals surface area contributed by atoms with Gasteiger partial charge < -0.3 is 9.47 Å². The molecule has 0 aromatic heterocycles. The van der Waals surface area contributed by atoms with Crippen molar-refractivity contribution in [1.29, 1.82) is 0 Å². The number of benzene rings is 2. The lowest BCUT2D eigenvalue weighted by Gasteiger charge is -2.31. The Kier molecular flexibility index (Phi) is 6.53. The molecule has 0 saturated carbocycles. The van der Waals surface area contributed by atoms with Crippen LogP contribution in [0.15, 0.2) is 54.1 Å². The Morgan fingerprint density at radius 3 is 2.43 bits per heavy atom. The van der Waals surface area contributed by atoms with Crippen LogP contribution in [0.1, 0.15) is 47.2 Å². The zero-order chi connectivity index (χ0) is 20.9. The van der Waals surface area contributed by atoms with Gasteiger partial charge in [-0.2, -0.15) is 0 Å². The lowest BCUT2D eigenvalue weighted by atomic mass is 9.91. The second kappa shape index (κ2) is 9.48. The van der Waals surface area contributed by atoms with E-state index in [4.69, 9.17) is 9.47 Å². The summed E-state index contributed by atoms with van der Waals surface area (Å²) in [6.45, 7) is 3.39. The first-order chi connectivity index (χ1) is 14.7. The minimum Gasteiger partial charge on any atom is -0.493 e. The standard InChI is InChI=1S/C26H31NO3/c1-29-24-16-22-15-21(26(28)23(22)17-25(24)30-2)10-6-9-19-11-13-27(14-12-19)18-20-7-4-3-5-8-20/h3-5,7-8,10,16-17,19H,6,9,11-15,18H2,1-2H3/b21-10-. The molecule has 1 aliphatic heterocycles. The minimum absolute atomic E-state index is 0.142. The van der Waals surface area contributed by atoms with Crippen molar-refractivity contribution in [3.05, 3.63) is 70.8 Å². The van der Waals surface area contributed by atoms with Crippen LogP contribution in [0.3, 0.4) is 0 Å². The number of hydrogen-bond acceptors (Lipinski definition) is 4. The molecule has 1 fully saturated rings. The average Bonchev–Trinajstić information content (AvgIpc) is 3.09. The van der Waals surface area contributed by atoms with Crippen molar-refractivity contribution >= 4 is 5.78 Å². The molecule has 2 aromatic rings. The van der Waals surface area contributed by atoms with Crippen molar-refractivity contribution in [2.75, 3.05) is 27.3 Å². The van der Waals surface area contributed by atoms with Gasteiger partial charge in [0.05, 0.1) is 14.2 Å². The fraction of sp³-hybridized carbons (Fsp3) is 0.423. The van der Waals surface area contributed by atoms with E-state index in [9.17, 15) is 4.79 Å². The number of ketones is 1. The molecular formula is C26H31NO3. The Morgan fingerprint density at radius 1 is 1.03 bits per heavy atom. The van der Waals surface area contributed by atoms with Gasteiger partial charge in [0.25, 0.3) is 0 Å². The van der Waals surface area contributed by atoms with Crippen LogP contribution in [-0.2, 0) is 13.0 Å².